The predicted octanol–water partition coefficient (Wildman–Crippen LogP) is 0.865. The molecule has 198 valence electrons. The van der Waals surface area contributed by atoms with E-state index in [1.54, 1.807) is 30.3 Å². The van der Waals surface area contributed by atoms with Crippen LogP contribution in [-0.2, 0) is 28.1 Å². The molecule has 0 radical (unpaired) electrons. The maximum Gasteiger partial charge on any atom is 0.459 e. The van der Waals surface area contributed by atoms with Gasteiger partial charge in [0.25, 0.3) is 5.56 Å². The Balaban J connectivity index is 1.70. The summed E-state index contributed by atoms with van der Waals surface area (Å²) in [6.07, 6.45) is -1.57. The first-order valence-corrected chi connectivity index (χ1v) is 12.7. The van der Waals surface area contributed by atoms with Gasteiger partial charge in [-0.15, -0.1) is 0 Å². The van der Waals surface area contributed by atoms with Crippen LogP contribution in [0.25, 0.3) is 0 Å². The Morgan fingerprint density at radius 1 is 1.31 bits per heavy atom. The number of aromatic nitrogens is 2. The van der Waals surface area contributed by atoms with E-state index in [4.69, 9.17) is 23.3 Å². The maximum absolute atomic E-state index is 13.6. The lowest BCUT2D eigenvalue weighted by molar-refractivity contribution is -0.146. The highest BCUT2D eigenvalue weighted by Gasteiger charge is 2.39. The van der Waals surface area contributed by atoms with E-state index in [1.165, 1.54) is 27.2 Å². The summed E-state index contributed by atoms with van der Waals surface area (Å²) in [7, 11) is -2.71. The number of aliphatic hydroxyl groups excluding tert-OH is 1. The van der Waals surface area contributed by atoms with Crippen molar-refractivity contribution >= 4 is 13.7 Å². The molecule has 0 saturated carbocycles. The molecule has 1 aromatic carbocycles. The van der Waals surface area contributed by atoms with Gasteiger partial charge in [-0.25, -0.2) is 9.36 Å². The first kappa shape index (κ1) is 27.8. The van der Waals surface area contributed by atoms with E-state index in [2.05, 4.69) is 10.1 Å². The highest BCUT2D eigenvalue weighted by Crippen LogP contribution is 2.45. The first-order chi connectivity index (χ1) is 17.1. The fourth-order valence-electron chi connectivity index (χ4n) is 3.36. The van der Waals surface area contributed by atoms with Crippen molar-refractivity contribution in [2.75, 3.05) is 26.9 Å². The Morgan fingerprint density at radius 3 is 2.72 bits per heavy atom. The highest BCUT2D eigenvalue weighted by molar-refractivity contribution is 7.52. The zero-order chi connectivity index (χ0) is 26.3. The average molecular weight is 527 g/mol. The molecule has 0 unspecified atom stereocenters. The van der Waals surface area contributed by atoms with Crippen LogP contribution in [0.1, 0.15) is 25.1 Å². The van der Waals surface area contributed by atoms with E-state index in [-0.39, 0.29) is 25.4 Å². The van der Waals surface area contributed by atoms with E-state index in [9.17, 15) is 24.1 Å². The molecule has 13 nitrogen and oxygen atoms in total. The molecule has 0 bridgehead atoms. The number of carbonyl (C=O) groups excluding carboxylic acids is 1. The number of H-pyrrole nitrogens is 1. The molecule has 5 atom stereocenters. The van der Waals surface area contributed by atoms with Gasteiger partial charge in [0.15, 0.2) is 0 Å². The number of methoxy groups -OCH3 is 1. The molecule has 1 saturated heterocycles. The zero-order valence-corrected chi connectivity index (χ0v) is 21.0. The lowest BCUT2D eigenvalue weighted by Gasteiger charge is -2.24. The topological polar surface area (TPSA) is 167 Å². The second kappa shape index (κ2) is 12.4. The molecule has 0 aliphatic carbocycles. The standard InChI is InChI=1S/C22H30N3O10P/c1-14-12-25(22(29)23-20(14)27)19-11-17(26)18(34-19)13-33-36(30,35-16-7-5-4-6-8-16)24-15(2)21(28)32-10-9-31-3/h4-8,12,15,17-19,26H,9-11,13H2,1-3H3,(H,24,30)(H,23,27,29)/t15-,17+,18-,19-,36-/m0/s1. The summed E-state index contributed by atoms with van der Waals surface area (Å²) in [6.45, 7) is 2.78. The molecule has 36 heavy (non-hydrogen) atoms. The molecular formula is C22H30N3O10P. The number of ether oxygens (including phenoxy) is 3. The number of para-hydroxylation sites is 1. The van der Waals surface area contributed by atoms with Crippen LogP contribution in [0.15, 0.2) is 46.1 Å². The number of aryl methyl sites for hydroxylation is 1. The van der Waals surface area contributed by atoms with Crippen molar-refractivity contribution in [3.63, 3.8) is 0 Å². The van der Waals surface area contributed by atoms with Gasteiger partial charge in [0.05, 0.1) is 19.3 Å². The summed E-state index contributed by atoms with van der Waals surface area (Å²) in [5.74, 6) is -0.480. The number of benzene rings is 1. The second-order valence-corrected chi connectivity index (χ2v) is 9.81. The molecule has 1 aliphatic heterocycles. The van der Waals surface area contributed by atoms with E-state index >= 15 is 0 Å². The number of hydrogen-bond donors (Lipinski definition) is 3. The largest absolute Gasteiger partial charge is 0.462 e. The van der Waals surface area contributed by atoms with Crippen LogP contribution in [0.4, 0.5) is 0 Å². The van der Waals surface area contributed by atoms with Gasteiger partial charge in [-0.2, -0.15) is 5.09 Å². The Labute approximate surface area is 206 Å². The van der Waals surface area contributed by atoms with Gasteiger partial charge in [0.1, 0.15) is 30.7 Å². The summed E-state index contributed by atoms with van der Waals surface area (Å²) in [4.78, 5) is 38.2. The molecule has 3 rings (SSSR count). The van der Waals surface area contributed by atoms with Crippen LogP contribution in [0.3, 0.4) is 0 Å². The fraction of sp³-hybridized carbons (Fsp3) is 0.500. The van der Waals surface area contributed by atoms with Crippen LogP contribution in [-0.4, -0.2) is 65.8 Å². The number of aliphatic hydroxyl groups is 1. The Kier molecular flexibility index (Phi) is 9.60. The highest BCUT2D eigenvalue weighted by atomic mass is 31.2. The SMILES string of the molecule is COCCOC(=O)[C@H](C)N[P@](=O)(OC[C@@H]1O[C@H](n2cc(C)c(=O)[nH]c2=O)C[C@H]1O)Oc1ccccc1. The van der Waals surface area contributed by atoms with Gasteiger partial charge in [0.2, 0.25) is 0 Å². The molecule has 2 aromatic rings. The lowest BCUT2D eigenvalue weighted by Crippen LogP contribution is -2.37. The molecule has 14 heteroatoms. The van der Waals surface area contributed by atoms with Crippen LogP contribution < -0.4 is 20.9 Å². The summed E-state index contributed by atoms with van der Waals surface area (Å²) in [6, 6.07) is 7.12. The summed E-state index contributed by atoms with van der Waals surface area (Å²) < 4.78 is 41.5. The summed E-state index contributed by atoms with van der Waals surface area (Å²) >= 11 is 0. The molecular weight excluding hydrogens is 497 g/mol. The number of hydrogen-bond acceptors (Lipinski definition) is 10. The van der Waals surface area contributed by atoms with Gasteiger partial charge in [-0.1, -0.05) is 18.2 Å². The van der Waals surface area contributed by atoms with Crippen LogP contribution in [0.5, 0.6) is 5.75 Å². The van der Waals surface area contributed by atoms with Gasteiger partial charge < -0.3 is 23.8 Å². The fourth-order valence-corrected chi connectivity index (χ4v) is 4.86. The number of esters is 1. The third-order valence-electron chi connectivity index (χ3n) is 5.27. The smallest absolute Gasteiger partial charge is 0.459 e. The molecule has 2 heterocycles. The van der Waals surface area contributed by atoms with E-state index in [0.29, 0.717) is 5.56 Å². The van der Waals surface area contributed by atoms with Gasteiger partial charge in [-0.05, 0) is 26.0 Å². The third-order valence-corrected chi connectivity index (χ3v) is 6.92. The molecule has 1 fully saturated rings. The quantitative estimate of drug-likeness (QED) is 0.203. The Morgan fingerprint density at radius 2 is 2.03 bits per heavy atom. The molecule has 0 amide bonds. The van der Waals surface area contributed by atoms with Gasteiger partial charge >= 0.3 is 19.4 Å². The van der Waals surface area contributed by atoms with Crippen molar-refractivity contribution in [1.29, 1.82) is 0 Å². The van der Waals surface area contributed by atoms with E-state index < -0.39 is 56.0 Å². The van der Waals surface area contributed by atoms with Gasteiger partial charge in [0, 0.05) is 25.3 Å². The minimum absolute atomic E-state index is 0.0130. The van der Waals surface area contributed by atoms with Crippen molar-refractivity contribution in [2.45, 2.75) is 44.7 Å². The number of nitrogens with one attached hydrogen (secondary N) is 2. The van der Waals surface area contributed by atoms with Crippen molar-refractivity contribution in [1.82, 2.24) is 14.6 Å². The molecule has 3 N–H and O–H groups in total. The molecule has 1 aromatic heterocycles. The second-order valence-electron chi connectivity index (χ2n) is 8.12. The molecule has 0 spiro atoms. The lowest BCUT2D eigenvalue weighted by atomic mass is 10.2. The number of rotatable bonds is 12. The van der Waals surface area contributed by atoms with E-state index in [0.717, 1.165) is 4.57 Å². The summed E-state index contributed by atoms with van der Waals surface area (Å²) in [5, 5.41) is 13.0. The van der Waals surface area contributed by atoms with Crippen molar-refractivity contribution in [3.8, 4) is 5.75 Å². The van der Waals surface area contributed by atoms with Crippen LogP contribution >= 0.6 is 7.75 Å². The number of aromatic amines is 1. The van der Waals surface area contributed by atoms with Crippen molar-refractivity contribution < 1.29 is 37.7 Å². The van der Waals surface area contributed by atoms with E-state index in [1.807, 2.05) is 0 Å². The van der Waals surface area contributed by atoms with Crippen LogP contribution in [0.2, 0.25) is 0 Å². The Hall–Kier alpha value is -2.80. The van der Waals surface area contributed by atoms with Crippen molar-refractivity contribution in [2.24, 2.45) is 0 Å². The third kappa shape index (κ3) is 7.36. The van der Waals surface area contributed by atoms with Crippen LogP contribution in [0, 0.1) is 6.92 Å². The first-order valence-electron chi connectivity index (χ1n) is 11.2. The van der Waals surface area contributed by atoms with Crippen molar-refractivity contribution in [3.05, 3.63) is 62.9 Å². The minimum atomic E-state index is -4.17. The minimum Gasteiger partial charge on any atom is -0.462 e. The summed E-state index contributed by atoms with van der Waals surface area (Å²) in [5.41, 5.74) is -0.914. The monoisotopic (exact) mass is 527 g/mol. The predicted molar refractivity (Wildman–Crippen MR) is 127 cm³/mol. The number of nitrogens with zero attached hydrogens (tertiary/aromatic N) is 1. The molecule has 1 aliphatic rings. The van der Waals surface area contributed by atoms with Gasteiger partial charge in [-0.3, -0.25) is 23.7 Å². The Bertz CT molecular complexity index is 1180. The zero-order valence-electron chi connectivity index (χ0n) is 20.1. The maximum atomic E-state index is 13.6. The number of carbonyl (C=O) groups is 1. The normalized spacial score (nSPS) is 22.1. The average Bonchev–Trinajstić information content (AvgIpc) is 3.21.